The highest BCUT2D eigenvalue weighted by Crippen LogP contribution is 2.42. The van der Waals surface area contributed by atoms with E-state index in [0.29, 0.717) is 30.3 Å². The number of nitrogens with zero attached hydrogens (tertiary/aromatic N) is 2. The Bertz CT molecular complexity index is 474. The van der Waals surface area contributed by atoms with Crippen LogP contribution in [0.4, 0.5) is 8.78 Å². The van der Waals surface area contributed by atoms with Gasteiger partial charge in [-0.15, -0.1) is 0 Å². The van der Waals surface area contributed by atoms with Crippen LogP contribution < -0.4 is 0 Å². The predicted octanol–water partition coefficient (Wildman–Crippen LogP) is 2.48. The van der Waals surface area contributed by atoms with Crippen LogP contribution in [0, 0.1) is 12.8 Å². The number of rotatable bonds is 5. The number of ether oxygens (including phenoxy) is 1. The molecule has 1 heterocycles. The molecular weight excluding hydrogens is 266 g/mol. The van der Waals surface area contributed by atoms with Crippen molar-refractivity contribution in [1.29, 1.82) is 0 Å². The lowest BCUT2D eigenvalue weighted by molar-refractivity contribution is -0.122. The summed E-state index contributed by atoms with van der Waals surface area (Å²) in [4.78, 5) is 0. The van der Waals surface area contributed by atoms with Crippen LogP contribution in [0.25, 0.3) is 0 Å². The predicted molar refractivity (Wildman–Crippen MR) is 70.8 cm³/mol. The van der Waals surface area contributed by atoms with E-state index >= 15 is 0 Å². The number of aliphatic hydroxyl groups is 1. The second-order valence-corrected chi connectivity index (χ2v) is 5.68. The molecule has 0 aromatic carbocycles. The van der Waals surface area contributed by atoms with Gasteiger partial charge >= 0.3 is 0 Å². The number of fused-ring (bicyclic) bond motifs is 1. The fraction of sp³-hybridized carbons (Fsp3) is 0.786. The van der Waals surface area contributed by atoms with Crippen molar-refractivity contribution in [3.8, 4) is 0 Å². The van der Waals surface area contributed by atoms with E-state index in [9.17, 15) is 13.9 Å². The Balaban J connectivity index is 2.16. The van der Waals surface area contributed by atoms with Gasteiger partial charge in [-0.3, -0.25) is 4.68 Å². The smallest absolute Gasteiger partial charge is 0.278 e. The molecule has 1 unspecified atom stereocenters. The number of aromatic nitrogens is 2. The van der Waals surface area contributed by atoms with Gasteiger partial charge in [-0.1, -0.05) is 6.92 Å². The highest BCUT2D eigenvalue weighted by Gasteiger charge is 2.46. The average Bonchev–Trinajstić information content (AvgIpc) is 2.69. The molecule has 0 saturated heterocycles. The summed E-state index contributed by atoms with van der Waals surface area (Å²) in [5.74, 6) is -2.66. The molecule has 1 aliphatic rings. The van der Waals surface area contributed by atoms with Crippen molar-refractivity contribution in [3.63, 3.8) is 0 Å². The molecule has 1 aromatic heterocycles. The SMILES string of the molecule is COCC(C)CCn1nc(C)c2c1CCC(F)(F)[C@H]2O. The first kappa shape index (κ1) is 15.4. The van der Waals surface area contributed by atoms with Crippen molar-refractivity contribution in [2.24, 2.45) is 5.92 Å². The van der Waals surface area contributed by atoms with Gasteiger partial charge in [0, 0.05) is 37.9 Å². The van der Waals surface area contributed by atoms with Crippen molar-refractivity contribution >= 4 is 0 Å². The summed E-state index contributed by atoms with van der Waals surface area (Å²) in [6.45, 7) is 5.09. The molecule has 20 heavy (non-hydrogen) atoms. The molecule has 114 valence electrons. The molecule has 1 aliphatic carbocycles. The quantitative estimate of drug-likeness (QED) is 0.905. The Kier molecular flexibility index (Phi) is 4.44. The van der Waals surface area contributed by atoms with Crippen molar-refractivity contribution in [2.75, 3.05) is 13.7 Å². The van der Waals surface area contributed by atoms with Crippen LogP contribution in [-0.4, -0.2) is 34.5 Å². The van der Waals surface area contributed by atoms with Crippen molar-refractivity contribution in [1.82, 2.24) is 9.78 Å². The van der Waals surface area contributed by atoms with E-state index < -0.39 is 12.0 Å². The van der Waals surface area contributed by atoms with E-state index in [1.807, 2.05) is 0 Å². The molecule has 0 saturated carbocycles. The molecular formula is C14H22F2N2O2. The summed E-state index contributed by atoms with van der Waals surface area (Å²) in [7, 11) is 1.66. The lowest BCUT2D eigenvalue weighted by Crippen LogP contribution is -2.32. The molecule has 6 heteroatoms. The van der Waals surface area contributed by atoms with Gasteiger partial charge in [0.15, 0.2) is 0 Å². The fourth-order valence-electron chi connectivity index (χ4n) is 2.79. The maximum atomic E-state index is 13.6. The van der Waals surface area contributed by atoms with Crippen LogP contribution in [0.3, 0.4) is 0 Å². The Hall–Kier alpha value is -1.01. The molecule has 0 bridgehead atoms. The van der Waals surface area contributed by atoms with E-state index in [-0.39, 0.29) is 12.8 Å². The number of halogens is 2. The third kappa shape index (κ3) is 2.86. The van der Waals surface area contributed by atoms with E-state index in [4.69, 9.17) is 4.74 Å². The van der Waals surface area contributed by atoms with Crippen LogP contribution in [0.5, 0.6) is 0 Å². The molecule has 0 spiro atoms. The molecule has 2 rings (SSSR count). The lowest BCUT2D eigenvalue weighted by atomic mass is 9.90. The zero-order chi connectivity index (χ0) is 14.9. The van der Waals surface area contributed by atoms with Crippen molar-refractivity contribution in [2.45, 2.75) is 51.7 Å². The lowest BCUT2D eigenvalue weighted by Gasteiger charge is -2.28. The highest BCUT2D eigenvalue weighted by atomic mass is 19.3. The number of aryl methyl sites for hydroxylation is 2. The van der Waals surface area contributed by atoms with Gasteiger partial charge in [0.2, 0.25) is 0 Å². The molecule has 1 N–H and O–H groups in total. The van der Waals surface area contributed by atoms with Gasteiger partial charge in [-0.25, -0.2) is 8.78 Å². The maximum absolute atomic E-state index is 13.6. The Labute approximate surface area is 117 Å². The topological polar surface area (TPSA) is 47.3 Å². The second kappa shape index (κ2) is 5.77. The Morgan fingerprint density at radius 3 is 2.90 bits per heavy atom. The van der Waals surface area contributed by atoms with Crippen LogP contribution in [-0.2, 0) is 17.7 Å². The summed E-state index contributed by atoms with van der Waals surface area (Å²) in [6.07, 6.45) is -0.913. The Morgan fingerprint density at radius 1 is 1.55 bits per heavy atom. The second-order valence-electron chi connectivity index (χ2n) is 5.68. The largest absolute Gasteiger partial charge is 0.384 e. The monoisotopic (exact) mass is 288 g/mol. The van der Waals surface area contributed by atoms with Gasteiger partial charge in [0.1, 0.15) is 6.10 Å². The van der Waals surface area contributed by atoms with Gasteiger partial charge in [-0.2, -0.15) is 5.10 Å². The minimum absolute atomic E-state index is 0.263. The third-order valence-corrected chi connectivity index (χ3v) is 3.94. The first-order chi connectivity index (χ1) is 9.36. The zero-order valence-electron chi connectivity index (χ0n) is 12.2. The first-order valence-electron chi connectivity index (χ1n) is 6.97. The number of hydrogen-bond acceptors (Lipinski definition) is 3. The number of aliphatic hydroxyl groups excluding tert-OH is 1. The molecule has 2 atom stereocenters. The standard InChI is InChI=1S/C14H22F2N2O2/c1-9(8-20-3)5-7-18-11-4-6-14(15,16)13(19)12(11)10(2)17-18/h9,13,19H,4-8H2,1-3H3/t9?,13-/m0/s1. The molecule has 0 radical (unpaired) electrons. The van der Waals surface area contributed by atoms with Crippen molar-refractivity contribution < 1.29 is 18.6 Å². The normalized spacial score (nSPS) is 22.6. The minimum Gasteiger partial charge on any atom is -0.384 e. The third-order valence-electron chi connectivity index (χ3n) is 3.94. The average molecular weight is 288 g/mol. The highest BCUT2D eigenvalue weighted by molar-refractivity contribution is 5.32. The molecule has 0 fully saturated rings. The van der Waals surface area contributed by atoms with Crippen LogP contribution in [0.15, 0.2) is 0 Å². The molecule has 0 aliphatic heterocycles. The van der Waals surface area contributed by atoms with Crippen molar-refractivity contribution in [3.05, 3.63) is 17.0 Å². The van der Waals surface area contributed by atoms with Crippen LogP contribution >= 0.6 is 0 Å². The minimum atomic E-state index is -3.05. The molecule has 4 nitrogen and oxygen atoms in total. The van der Waals surface area contributed by atoms with E-state index in [1.165, 1.54) is 0 Å². The number of methoxy groups -OCH3 is 1. The Morgan fingerprint density at radius 2 is 2.25 bits per heavy atom. The van der Waals surface area contributed by atoms with Gasteiger partial charge in [0.05, 0.1) is 5.69 Å². The summed E-state index contributed by atoms with van der Waals surface area (Å²) < 4.78 is 34.0. The molecule has 0 amide bonds. The van der Waals surface area contributed by atoms with E-state index in [0.717, 1.165) is 12.1 Å². The molecule has 1 aromatic rings. The summed E-state index contributed by atoms with van der Waals surface area (Å²) >= 11 is 0. The zero-order valence-corrected chi connectivity index (χ0v) is 12.2. The summed E-state index contributed by atoms with van der Waals surface area (Å²) in [5.41, 5.74) is 1.58. The maximum Gasteiger partial charge on any atom is 0.278 e. The first-order valence-corrected chi connectivity index (χ1v) is 6.97. The summed E-state index contributed by atoms with van der Waals surface area (Å²) in [5, 5.41) is 14.1. The fourth-order valence-corrected chi connectivity index (χ4v) is 2.79. The van der Waals surface area contributed by atoms with E-state index in [1.54, 1.807) is 18.7 Å². The van der Waals surface area contributed by atoms with Gasteiger partial charge in [-0.05, 0) is 25.7 Å². The van der Waals surface area contributed by atoms with Gasteiger partial charge < -0.3 is 9.84 Å². The number of alkyl halides is 2. The summed E-state index contributed by atoms with van der Waals surface area (Å²) in [6, 6.07) is 0. The van der Waals surface area contributed by atoms with Crippen LogP contribution in [0.2, 0.25) is 0 Å². The van der Waals surface area contributed by atoms with Crippen LogP contribution in [0.1, 0.15) is 42.8 Å². The van der Waals surface area contributed by atoms with E-state index in [2.05, 4.69) is 12.0 Å². The number of hydrogen-bond donors (Lipinski definition) is 1. The van der Waals surface area contributed by atoms with Gasteiger partial charge in [0.25, 0.3) is 5.92 Å².